The van der Waals surface area contributed by atoms with Crippen LogP contribution in [-0.4, -0.2) is 29.6 Å². The second kappa shape index (κ2) is 8.02. The van der Waals surface area contributed by atoms with E-state index in [0.29, 0.717) is 28.6 Å². The molecule has 0 aliphatic heterocycles. The Hall–Kier alpha value is -2.51. The van der Waals surface area contributed by atoms with Crippen LogP contribution in [0.3, 0.4) is 0 Å². The summed E-state index contributed by atoms with van der Waals surface area (Å²) < 4.78 is 17.7. The molecule has 0 saturated heterocycles. The molecule has 142 valence electrons. The number of hydrogen-bond donors (Lipinski definition) is 0. The molecule has 0 atom stereocenters. The average molecular weight is 407 g/mol. The van der Waals surface area contributed by atoms with Gasteiger partial charge in [0.1, 0.15) is 23.6 Å². The monoisotopic (exact) mass is 406 g/mol. The van der Waals surface area contributed by atoms with Crippen molar-refractivity contribution in [2.45, 2.75) is 20.5 Å². The van der Waals surface area contributed by atoms with E-state index in [2.05, 4.69) is 4.98 Å². The van der Waals surface area contributed by atoms with Crippen LogP contribution < -0.4 is 4.74 Å². The molecule has 8 heteroatoms. The summed E-state index contributed by atoms with van der Waals surface area (Å²) in [5, 5.41) is 0.654. The maximum absolute atomic E-state index is 12.2. The van der Waals surface area contributed by atoms with Gasteiger partial charge in [0.05, 0.1) is 26.2 Å². The third kappa shape index (κ3) is 3.79. The molecule has 3 rings (SSSR count). The smallest absolute Gasteiger partial charge is 0.343 e. The van der Waals surface area contributed by atoms with Crippen molar-refractivity contribution in [2.24, 2.45) is 0 Å². The molecule has 0 radical (unpaired) electrons. The zero-order chi connectivity index (χ0) is 19.6. The lowest BCUT2D eigenvalue weighted by Crippen LogP contribution is -2.08. The van der Waals surface area contributed by atoms with Crippen molar-refractivity contribution in [2.75, 3.05) is 14.2 Å². The number of imidazole rings is 1. The summed E-state index contributed by atoms with van der Waals surface area (Å²) in [5.41, 5.74) is 2.74. The van der Waals surface area contributed by atoms with Gasteiger partial charge < -0.3 is 14.2 Å². The topological polar surface area (TPSA) is 62.1 Å². The van der Waals surface area contributed by atoms with E-state index in [0.717, 1.165) is 21.2 Å². The van der Waals surface area contributed by atoms with Crippen LogP contribution in [0.4, 0.5) is 0 Å². The Morgan fingerprint density at radius 3 is 2.59 bits per heavy atom. The zero-order valence-corrected chi connectivity index (χ0v) is 17.0. The van der Waals surface area contributed by atoms with Crippen LogP contribution in [0.15, 0.2) is 30.5 Å². The van der Waals surface area contributed by atoms with Gasteiger partial charge in [-0.2, -0.15) is 0 Å². The van der Waals surface area contributed by atoms with Crippen molar-refractivity contribution in [1.82, 2.24) is 9.38 Å². The number of nitrogens with zero attached hydrogens (tertiary/aromatic N) is 2. The zero-order valence-electron chi connectivity index (χ0n) is 15.4. The number of hydrogen-bond acceptors (Lipinski definition) is 6. The number of carbonyl (C=O) groups excluding carboxylic acids is 1. The number of esters is 1. The molecule has 2 aromatic heterocycles. The van der Waals surface area contributed by atoms with Gasteiger partial charge in [-0.3, -0.25) is 4.40 Å². The molecule has 27 heavy (non-hydrogen) atoms. The van der Waals surface area contributed by atoms with Crippen LogP contribution in [0.1, 0.15) is 22.0 Å². The lowest BCUT2D eigenvalue weighted by molar-refractivity contribution is -0.133. The average Bonchev–Trinajstić information content (AvgIpc) is 3.13. The first-order chi connectivity index (χ1) is 13.0. The van der Waals surface area contributed by atoms with Gasteiger partial charge in [-0.15, -0.1) is 11.3 Å². The molecular weight excluding hydrogens is 388 g/mol. The van der Waals surface area contributed by atoms with Crippen molar-refractivity contribution < 1.29 is 19.0 Å². The predicted molar refractivity (Wildman–Crippen MR) is 105 cm³/mol. The summed E-state index contributed by atoms with van der Waals surface area (Å²) in [5.74, 6) is 0.243. The third-order valence-corrected chi connectivity index (χ3v) is 5.27. The highest BCUT2D eigenvalue weighted by Crippen LogP contribution is 2.31. The number of benzene rings is 1. The second-order valence-corrected chi connectivity index (χ2v) is 7.39. The third-order valence-electron chi connectivity index (χ3n) is 4.06. The lowest BCUT2D eigenvalue weighted by atomic mass is 10.2. The number of rotatable bonds is 6. The van der Waals surface area contributed by atoms with Crippen LogP contribution >= 0.6 is 22.9 Å². The van der Waals surface area contributed by atoms with Crippen LogP contribution in [0.2, 0.25) is 5.02 Å². The number of aryl methyl sites for hydroxylation is 2. The van der Waals surface area contributed by atoms with Crippen LogP contribution in [0.5, 0.6) is 5.75 Å². The summed E-state index contributed by atoms with van der Waals surface area (Å²) in [7, 11) is 2.84. The van der Waals surface area contributed by atoms with E-state index in [1.807, 2.05) is 30.4 Å². The van der Waals surface area contributed by atoms with Gasteiger partial charge in [-0.25, -0.2) is 9.78 Å². The molecule has 1 aromatic carbocycles. The van der Waals surface area contributed by atoms with Crippen molar-refractivity contribution >= 4 is 39.4 Å². The van der Waals surface area contributed by atoms with Gasteiger partial charge in [0.15, 0.2) is 4.96 Å². The minimum atomic E-state index is -0.466. The number of aromatic nitrogens is 2. The Bertz CT molecular complexity index is 1010. The first-order valence-corrected chi connectivity index (χ1v) is 9.33. The molecule has 0 fully saturated rings. The molecule has 0 unspecified atom stereocenters. The van der Waals surface area contributed by atoms with E-state index in [1.54, 1.807) is 12.1 Å². The van der Waals surface area contributed by atoms with E-state index < -0.39 is 5.97 Å². The number of fused-ring (bicyclic) bond motifs is 1. The van der Waals surface area contributed by atoms with Crippen molar-refractivity contribution in [3.8, 4) is 5.75 Å². The highest BCUT2D eigenvalue weighted by Gasteiger charge is 2.24. The van der Waals surface area contributed by atoms with Crippen molar-refractivity contribution in [3.05, 3.63) is 57.5 Å². The summed E-state index contributed by atoms with van der Waals surface area (Å²) in [6.45, 7) is 4.18. The SMILES string of the molecule is COC=C(C(=O)OC)c1c(C)sc2nc(COc3ccc(Cl)cc3)c(C)n12. The highest BCUT2D eigenvalue weighted by atomic mass is 35.5. The fraction of sp³-hybridized carbons (Fsp3) is 0.263. The molecular formula is C19H19ClN2O4S. The predicted octanol–water partition coefficient (Wildman–Crippen LogP) is 4.41. The molecule has 0 spiro atoms. The Morgan fingerprint density at radius 1 is 1.26 bits per heavy atom. The molecule has 3 aromatic rings. The molecule has 0 amide bonds. The molecule has 0 aliphatic carbocycles. The van der Waals surface area contributed by atoms with Crippen LogP contribution in [0.25, 0.3) is 10.5 Å². The van der Waals surface area contributed by atoms with Gasteiger partial charge in [0, 0.05) is 15.6 Å². The van der Waals surface area contributed by atoms with Crippen LogP contribution in [-0.2, 0) is 20.9 Å². The highest BCUT2D eigenvalue weighted by molar-refractivity contribution is 7.17. The quantitative estimate of drug-likeness (QED) is 0.345. The van der Waals surface area contributed by atoms with Crippen molar-refractivity contribution in [1.29, 1.82) is 0 Å². The number of carbonyl (C=O) groups is 1. The second-order valence-electron chi connectivity index (χ2n) is 5.77. The van der Waals surface area contributed by atoms with E-state index in [4.69, 9.17) is 25.8 Å². The van der Waals surface area contributed by atoms with E-state index in [1.165, 1.54) is 31.8 Å². The fourth-order valence-electron chi connectivity index (χ4n) is 2.75. The molecule has 6 nitrogen and oxygen atoms in total. The number of halogens is 1. The summed E-state index contributed by atoms with van der Waals surface area (Å²) in [4.78, 5) is 18.6. The van der Waals surface area contributed by atoms with Gasteiger partial charge >= 0.3 is 5.97 Å². The van der Waals surface area contributed by atoms with E-state index >= 15 is 0 Å². The number of thiazole rings is 1. The molecule has 0 aliphatic rings. The Labute approximate surface area is 166 Å². The maximum atomic E-state index is 12.2. The molecule has 0 saturated carbocycles. The lowest BCUT2D eigenvalue weighted by Gasteiger charge is -2.08. The summed E-state index contributed by atoms with van der Waals surface area (Å²) >= 11 is 7.39. The molecule has 0 bridgehead atoms. The van der Waals surface area contributed by atoms with Gasteiger partial charge in [0.25, 0.3) is 0 Å². The fourth-order valence-corrected chi connectivity index (χ4v) is 3.92. The number of ether oxygens (including phenoxy) is 3. The first-order valence-electron chi connectivity index (χ1n) is 8.13. The molecule has 0 N–H and O–H groups in total. The Kier molecular flexibility index (Phi) is 5.72. The van der Waals surface area contributed by atoms with E-state index in [-0.39, 0.29) is 0 Å². The first kappa shape index (κ1) is 19.3. The van der Waals surface area contributed by atoms with Gasteiger partial charge in [-0.1, -0.05) is 11.6 Å². The Balaban J connectivity index is 1.97. The standard InChI is InChI=1S/C19H19ClN2O4S/c1-11-16(10-26-14-7-5-13(20)6-8-14)21-19-22(11)17(12(2)27-19)15(9-24-3)18(23)25-4/h5-9H,10H2,1-4H3. The largest absolute Gasteiger partial charge is 0.503 e. The normalized spacial score (nSPS) is 11.7. The molecule has 2 heterocycles. The minimum absolute atomic E-state index is 0.307. The Morgan fingerprint density at radius 2 is 1.96 bits per heavy atom. The van der Waals surface area contributed by atoms with E-state index in [9.17, 15) is 4.79 Å². The minimum Gasteiger partial charge on any atom is -0.503 e. The van der Waals surface area contributed by atoms with Crippen molar-refractivity contribution in [3.63, 3.8) is 0 Å². The van der Waals surface area contributed by atoms with Gasteiger partial charge in [0.2, 0.25) is 0 Å². The summed E-state index contributed by atoms with van der Waals surface area (Å²) in [6, 6.07) is 7.16. The van der Waals surface area contributed by atoms with Gasteiger partial charge in [-0.05, 0) is 38.1 Å². The van der Waals surface area contributed by atoms with Crippen LogP contribution in [0, 0.1) is 13.8 Å². The maximum Gasteiger partial charge on any atom is 0.343 e. The summed E-state index contributed by atoms with van der Waals surface area (Å²) in [6.07, 6.45) is 1.39. The number of methoxy groups -OCH3 is 2.